The molecule has 3 heterocycles. The summed E-state index contributed by atoms with van der Waals surface area (Å²) >= 11 is 0. The Balaban J connectivity index is 1.80. The summed E-state index contributed by atoms with van der Waals surface area (Å²) in [6.07, 6.45) is 2.22. The van der Waals surface area contributed by atoms with Crippen molar-refractivity contribution in [1.29, 1.82) is 0 Å². The molecule has 39 heavy (non-hydrogen) atoms. The highest BCUT2D eigenvalue weighted by molar-refractivity contribution is 6.07. The van der Waals surface area contributed by atoms with Gasteiger partial charge in [0.15, 0.2) is 0 Å². The van der Waals surface area contributed by atoms with Crippen LogP contribution in [0, 0.1) is 19.3 Å². The summed E-state index contributed by atoms with van der Waals surface area (Å²) in [5.41, 5.74) is 6.87. The van der Waals surface area contributed by atoms with Crippen LogP contribution in [-0.2, 0) is 20.7 Å². The zero-order valence-corrected chi connectivity index (χ0v) is 24.3. The maximum Gasteiger partial charge on any atom is 0.311 e. The molecule has 1 atom stereocenters. The number of hydrogen-bond acceptors (Lipinski definition) is 6. The van der Waals surface area contributed by atoms with Gasteiger partial charge in [-0.15, -0.1) is 0 Å². The summed E-state index contributed by atoms with van der Waals surface area (Å²) in [5, 5.41) is 2.06. The third kappa shape index (κ3) is 5.35. The highest BCUT2D eigenvalue weighted by Gasteiger charge is 2.31. The first-order chi connectivity index (χ1) is 18.3. The molecule has 204 valence electrons. The van der Waals surface area contributed by atoms with Gasteiger partial charge in [-0.25, -0.2) is 0 Å². The van der Waals surface area contributed by atoms with Gasteiger partial charge in [0.25, 0.3) is 0 Å². The van der Waals surface area contributed by atoms with E-state index in [9.17, 15) is 4.79 Å². The Kier molecular flexibility index (Phi) is 6.88. The van der Waals surface area contributed by atoms with E-state index < -0.39 is 17.1 Å². The molecule has 0 spiro atoms. The Morgan fingerprint density at radius 1 is 1.05 bits per heavy atom. The summed E-state index contributed by atoms with van der Waals surface area (Å²) < 4.78 is 18.6. The van der Waals surface area contributed by atoms with Crippen molar-refractivity contribution in [3.05, 3.63) is 65.0 Å². The first kappa shape index (κ1) is 27.1. The van der Waals surface area contributed by atoms with Gasteiger partial charge < -0.3 is 14.2 Å². The largest absolute Gasteiger partial charge is 0.493 e. The zero-order chi connectivity index (χ0) is 28.1. The molecule has 0 aliphatic carbocycles. The second kappa shape index (κ2) is 9.91. The molecular weight excluding hydrogens is 488 g/mol. The van der Waals surface area contributed by atoms with E-state index >= 15 is 0 Å². The number of ether oxygens (including phenoxy) is 3. The number of rotatable bonds is 5. The number of carbonyl (C=O) groups is 1. The fourth-order valence-corrected chi connectivity index (χ4v) is 5.30. The minimum atomic E-state index is -0.616. The van der Waals surface area contributed by atoms with E-state index in [1.807, 2.05) is 66.8 Å². The molecule has 0 fully saturated rings. The first-order valence-corrected chi connectivity index (χ1v) is 13.6. The summed E-state index contributed by atoms with van der Waals surface area (Å²) in [6.45, 7) is 16.5. The normalized spacial score (nSPS) is 14.4. The third-order valence-corrected chi connectivity index (χ3v) is 7.02. The SMILES string of the molecule is Cc1ccc2c(-c3ccc4c5c(ccnc35)CCO4)c(C(COC(=O)C(C)(C)C)OC(C)(C)C)c(C)cc2n1. The number of aryl methyl sites for hydroxylation is 2. The van der Waals surface area contributed by atoms with Crippen molar-refractivity contribution >= 4 is 27.8 Å². The van der Waals surface area contributed by atoms with Gasteiger partial charge in [-0.3, -0.25) is 14.8 Å². The molecule has 0 saturated carbocycles. The summed E-state index contributed by atoms with van der Waals surface area (Å²) in [6, 6.07) is 12.5. The van der Waals surface area contributed by atoms with Crippen molar-refractivity contribution in [3.8, 4) is 16.9 Å². The van der Waals surface area contributed by atoms with Crippen LogP contribution in [0.1, 0.15) is 70.0 Å². The second-order valence-corrected chi connectivity index (χ2v) is 12.5. The van der Waals surface area contributed by atoms with E-state index in [1.165, 1.54) is 5.56 Å². The van der Waals surface area contributed by atoms with Crippen LogP contribution in [0.2, 0.25) is 0 Å². The van der Waals surface area contributed by atoms with Crippen LogP contribution >= 0.6 is 0 Å². The van der Waals surface area contributed by atoms with E-state index in [0.29, 0.717) is 6.61 Å². The standard InChI is InChI=1S/C33H38N2O4/c1-19-17-24-22(10-9-20(2)35-24)29(23-11-12-25-28-21(14-16-37-25)13-15-34-30(23)28)27(19)26(39-33(6,7)8)18-38-31(36)32(3,4)5/h9-13,15,17,26H,14,16,18H2,1-8H3. The highest BCUT2D eigenvalue weighted by Crippen LogP contribution is 2.45. The smallest absolute Gasteiger partial charge is 0.311 e. The lowest BCUT2D eigenvalue weighted by Crippen LogP contribution is -2.30. The van der Waals surface area contributed by atoms with Gasteiger partial charge in [0, 0.05) is 34.6 Å². The van der Waals surface area contributed by atoms with Crippen LogP contribution in [0.25, 0.3) is 32.9 Å². The third-order valence-electron chi connectivity index (χ3n) is 7.02. The molecule has 6 nitrogen and oxygen atoms in total. The molecule has 0 N–H and O–H groups in total. The van der Waals surface area contributed by atoms with Crippen molar-refractivity contribution in [2.75, 3.05) is 13.2 Å². The first-order valence-electron chi connectivity index (χ1n) is 13.6. The second-order valence-electron chi connectivity index (χ2n) is 12.5. The number of hydrogen-bond donors (Lipinski definition) is 0. The van der Waals surface area contributed by atoms with Crippen molar-refractivity contribution in [1.82, 2.24) is 9.97 Å². The molecule has 1 aliphatic heterocycles. The van der Waals surface area contributed by atoms with Crippen LogP contribution in [0.4, 0.5) is 0 Å². The van der Waals surface area contributed by atoms with Crippen LogP contribution in [0.3, 0.4) is 0 Å². The average molecular weight is 527 g/mol. The van der Waals surface area contributed by atoms with Crippen LogP contribution in [0.5, 0.6) is 5.75 Å². The lowest BCUT2D eigenvalue weighted by Gasteiger charge is -2.31. The Hall–Kier alpha value is -3.51. The lowest BCUT2D eigenvalue weighted by molar-refractivity contribution is -0.162. The number of pyridine rings is 2. The Labute approximate surface area is 230 Å². The fourth-order valence-electron chi connectivity index (χ4n) is 5.30. The van der Waals surface area contributed by atoms with Crippen molar-refractivity contribution < 1.29 is 19.0 Å². The molecule has 5 rings (SSSR count). The Bertz CT molecular complexity index is 1570. The number of benzene rings is 2. The van der Waals surface area contributed by atoms with Crippen molar-refractivity contribution in [2.45, 2.75) is 73.5 Å². The topological polar surface area (TPSA) is 70.5 Å². The Morgan fingerprint density at radius 3 is 2.54 bits per heavy atom. The Morgan fingerprint density at radius 2 is 1.82 bits per heavy atom. The summed E-state index contributed by atoms with van der Waals surface area (Å²) in [4.78, 5) is 22.6. The van der Waals surface area contributed by atoms with E-state index in [4.69, 9.17) is 24.2 Å². The monoisotopic (exact) mass is 526 g/mol. The minimum Gasteiger partial charge on any atom is -0.493 e. The van der Waals surface area contributed by atoms with Gasteiger partial charge in [-0.1, -0.05) is 6.07 Å². The summed E-state index contributed by atoms with van der Waals surface area (Å²) in [7, 11) is 0. The predicted octanol–water partition coefficient (Wildman–Crippen LogP) is 7.45. The fraction of sp³-hybridized carbons (Fsp3) is 0.424. The predicted molar refractivity (Wildman–Crippen MR) is 155 cm³/mol. The number of esters is 1. The van der Waals surface area contributed by atoms with E-state index in [2.05, 4.69) is 31.2 Å². The molecule has 0 bridgehead atoms. The zero-order valence-electron chi connectivity index (χ0n) is 24.3. The maximum atomic E-state index is 12.8. The molecule has 2 aromatic carbocycles. The van der Waals surface area contributed by atoms with Crippen molar-refractivity contribution in [2.24, 2.45) is 5.41 Å². The van der Waals surface area contributed by atoms with E-state index in [0.717, 1.165) is 61.9 Å². The molecular formula is C33H38N2O4. The van der Waals surface area contributed by atoms with Gasteiger partial charge in [-0.2, -0.15) is 0 Å². The van der Waals surface area contributed by atoms with Gasteiger partial charge >= 0.3 is 5.97 Å². The minimum absolute atomic E-state index is 0.101. The quantitative estimate of drug-likeness (QED) is 0.252. The number of nitrogens with zero attached hydrogens (tertiary/aromatic N) is 2. The van der Waals surface area contributed by atoms with Crippen LogP contribution in [-0.4, -0.2) is 34.8 Å². The number of aromatic nitrogens is 2. The van der Waals surface area contributed by atoms with Gasteiger partial charge in [0.2, 0.25) is 0 Å². The molecule has 0 saturated heterocycles. The molecule has 0 amide bonds. The number of fused-ring (bicyclic) bond motifs is 1. The highest BCUT2D eigenvalue weighted by atomic mass is 16.6. The van der Waals surface area contributed by atoms with Gasteiger partial charge in [-0.05, 0) is 108 Å². The van der Waals surface area contributed by atoms with Crippen LogP contribution < -0.4 is 4.74 Å². The van der Waals surface area contributed by atoms with Crippen LogP contribution in [0.15, 0.2) is 42.6 Å². The lowest BCUT2D eigenvalue weighted by atomic mass is 9.86. The van der Waals surface area contributed by atoms with Gasteiger partial charge in [0.05, 0.1) is 28.7 Å². The van der Waals surface area contributed by atoms with E-state index in [1.54, 1.807) is 0 Å². The molecule has 6 heteroatoms. The average Bonchev–Trinajstić information content (AvgIpc) is 2.85. The molecule has 4 aromatic rings. The van der Waals surface area contributed by atoms with Crippen molar-refractivity contribution in [3.63, 3.8) is 0 Å². The maximum absolute atomic E-state index is 12.8. The summed E-state index contributed by atoms with van der Waals surface area (Å²) in [5.74, 6) is 0.597. The van der Waals surface area contributed by atoms with E-state index in [-0.39, 0.29) is 12.6 Å². The molecule has 1 unspecified atom stereocenters. The number of carbonyl (C=O) groups excluding carboxylic acids is 1. The molecule has 0 radical (unpaired) electrons. The molecule has 2 aromatic heterocycles. The van der Waals surface area contributed by atoms with Gasteiger partial charge in [0.1, 0.15) is 18.5 Å². The molecule has 1 aliphatic rings.